The van der Waals surface area contributed by atoms with Crippen molar-refractivity contribution in [2.24, 2.45) is 0 Å². The number of carbonyl (C=O) groups is 1. The van der Waals surface area contributed by atoms with Crippen LogP contribution in [0.3, 0.4) is 0 Å². The normalized spacial score (nSPS) is 28.2. The molecule has 2 aromatic rings. The fraction of sp³-hybridized carbons (Fsp3) is 0.318. The molecule has 0 radical (unpaired) electrons. The predicted molar refractivity (Wildman–Crippen MR) is 106 cm³/mol. The minimum absolute atomic E-state index is 0.321. The Bertz CT molecular complexity index is 941. The minimum Gasteiger partial charge on any atom is -0.394 e. The third-order valence-electron chi connectivity index (χ3n) is 5.41. The number of fused-ring (bicyclic) bond motifs is 1. The highest BCUT2D eigenvalue weighted by molar-refractivity contribution is 6.04. The summed E-state index contributed by atoms with van der Waals surface area (Å²) in [5.41, 5.74) is 3.80. The number of anilines is 1. The number of rotatable bonds is 4. The van der Waals surface area contributed by atoms with E-state index in [2.05, 4.69) is 11.4 Å². The van der Waals surface area contributed by atoms with E-state index in [4.69, 9.17) is 4.74 Å². The van der Waals surface area contributed by atoms with E-state index in [0.29, 0.717) is 16.8 Å². The van der Waals surface area contributed by atoms with Gasteiger partial charge in [-0.15, -0.1) is 0 Å². The van der Waals surface area contributed by atoms with Crippen LogP contribution < -0.4 is 5.32 Å². The smallest absolute Gasteiger partial charge is 0.255 e. The molecule has 1 heterocycles. The molecule has 5 atom stereocenters. The summed E-state index contributed by atoms with van der Waals surface area (Å²) < 4.78 is 5.57. The van der Waals surface area contributed by atoms with Gasteiger partial charge in [-0.3, -0.25) is 4.79 Å². The Balaban J connectivity index is 1.53. The first-order valence-electron chi connectivity index (χ1n) is 9.49. The molecular formula is C22H23NO6. The van der Waals surface area contributed by atoms with Gasteiger partial charge < -0.3 is 30.5 Å². The first kappa shape index (κ1) is 19.8. The highest BCUT2D eigenvalue weighted by atomic mass is 16.5. The first-order valence-corrected chi connectivity index (χ1v) is 9.49. The average Bonchev–Trinajstić information content (AvgIpc) is 3.20. The third kappa shape index (κ3) is 3.83. The second kappa shape index (κ2) is 8.06. The molecule has 0 aromatic heterocycles. The van der Waals surface area contributed by atoms with Crippen LogP contribution >= 0.6 is 0 Å². The van der Waals surface area contributed by atoms with Crippen molar-refractivity contribution < 1.29 is 30.0 Å². The van der Waals surface area contributed by atoms with Crippen molar-refractivity contribution in [3.8, 4) is 0 Å². The number of nitrogens with one attached hydrogen (secondary N) is 1. The van der Waals surface area contributed by atoms with Crippen molar-refractivity contribution in [2.75, 3.05) is 11.9 Å². The van der Waals surface area contributed by atoms with Gasteiger partial charge in [0.15, 0.2) is 0 Å². The maximum absolute atomic E-state index is 12.7. The van der Waals surface area contributed by atoms with E-state index < -0.39 is 37.1 Å². The second-order valence-corrected chi connectivity index (χ2v) is 7.35. The molecule has 0 bridgehead atoms. The number of carbonyl (C=O) groups excluding carboxylic acids is 1. The molecule has 4 rings (SSSR count). The Hall–Kier alpha value is -2.55. The van der Waals surface area contributed by atoms with Crippen LogP contribution in [0, 0.1) is 0 Å². The van der Waals surface area contributed by atoms with E-state index in [1.54, 1.807) is 24.3 Å². The molecule has 1 amide bonds. The number of aliphatic hydroxyl groups is 4. The van der Waals surface area contributed by atoms with Crippen molar-refractivity contribution in [1.82, 2.24) is 0 Å². The largest absolute Gasteiger partial charge is 0.394 e. The van der Waals surface area contributed by atoms with Gasteiger partial charge in [0, 0.05) is 11.3 Å². The molecule has 29 heavy (non-hydrogen) atoms. The van der Waals surface area contributed by atoms with E-state index in [1.807, 2.05) is 24.3 Å². The first-order chi connectivity index (χ1) is 14.0. The van der Waals surface area contributed by atoms with Gasteiger partial charge in [-0.25, -0.2) is 0 Å². The number of hydrogen-bond acceptors (Lipinski definition) is 6. The molecule has 5 N–H and O–H groups in total. The summed E-state index contributed by atoms with van der Waals surface area (Å²) >= 11 is 0. The lowest BCUT2D eigenvalue weighted by atomic mass is 9.90. The maximum atomic E-state index is 12.7. The molecule has 1 saturated heterocycles. The molecule has 2 aromatic carbocycles. The Morgan fingerprint density at radius 1 is 1.07 bits per heavy atom. The lowest BCUT2D eigenvalue weighted by Crippen LogP contribution is -2.55. The van der Waals surface area contributed by atoms with Gasteiger partial charge in [0.05, 0.1) is 6.61 Å². The molecule has 7 nitrogen and oxygen atoms in total. The minimum atomic E-state index is -1.47. The lowest BCUT2D eigenvalue weighted by molar-refractivity contribution is -0.231. The van der Waals surface area contributed by atoms with Crippen LogP contribution in [0.5, 0.6) is 0 Å². The number of allylic oxidation sites excluding steroid dienone is 1. The Kier molecular flexibility index (Phi) is 5.49. The SMILES string of the molecule is O=C(Nc1ccc2c(c1)C=CC2)c1cccc([C@H]2O[C@H](CO)[C@@H](O)[C@H](O)[C@@H]2O)c1. The Morgan fingerprint density at radius 3 is 2.69 bits per heavy atom. The van der Waals surface area contributed by atoms with E-state index in [0.717, 1.165) is 12.0 Å². The molecule has 2 aliphatic rings. The Morgan fingerprint density at radius 2 is 1.90 bits per heavy atom. The monoisotopic (exact) mass is 397 g/mol. The van der Waals surface area contributed by atoms with Crippen LogP contribution in [0.2, 0.25) is 0 Å². The van der Waals surface area contributed by atoms with E-state index in [1.165, 1.54) is 5.56 Å². The average molecular weight is 397 g/mol. The van der Waals surface area contributed by atoms with Gasteiger partial charge in [0.25, 0.3) is 5.91 Å². The van der Waals surface area contributed by atoms with Crippen LogP contribution in [-0.2, 0) is 11.2 Å². The highest BCUT2D eigenvalue weighted by Crippen LogP contribution is 2.33. The lowest BCUT2D eigenvalue weighted by Gasteiger charge is -2.40. The van der Waals surface area contributed by atoms with Gasteiger partial charge in [-0.05, 0) is 47.4 Å². The molecule has 0 saturated carbocycles. The number of benzene rings is 2. The van der Waals surface area contributed by atoms with E-state index in [-0.39, 0.29) is 5.91 Å². The fourth-order valence-corrected chi connectivity index (χ4v) is 3.76. The molecule has 1 fully saturated rings. The summed E-state index contributed by atoms with van der Waals surface area (Å²) in [6, 6.07) is 12.3. The number of aliphatic hydroxyl groups excluding tert-OH is 4. The van der Waals surface area contributed by atoms with Gasteiger partial charge >= 0.3 is 0 Å². The molecular weight excluding hydrogens is 374 g/mol. The summed E-state index contributed by atoms with van der Waals surface area (Å²) in [6.45, 7) is -0.506. The van der Waals surface area contributed by atoms with Crippen LogP contribution in [0.1, 0.15) is 33.2 Å². The topological polar surface area (TPSA) is 119 Å². The molecule has 1 aliphatic heterocycles. The van der Waals surface area contributed by atoms with Crippen LogP contribution in [0.15, 0.2) is 48.5 Å². The van der Waals surface area contributed by atoms with Gasteiger partial charge in [-0.1, -0.05) is 30.4 Å². The van der Waals surface area contributed by atoms with Crippen molar-refractivity contribution in [3.63, 3.8) is 0 Å². The zero-order chi connectivity index (χ0) is 20.5. The summed E-state index contributed by atoms with van der Waals surface area (Å²) in [4.78, 5) is 12.7. The van der Waals surface area contributed by atoms with Crippen molar-refractivity contribution in [1.29, 1.82) is 0 Å². The number of hydrogen-bond donors (Lipinski definition) is 5. The third-order valence-corrected chi connectivity index (χ3v) is 5.41. The zero-order valence-electron chi connectivity index (χ0n) is 15.6. The second-order valence-electron chi connectivity index (χ2n) is 7.35. The van der Waals surface area contributed by atoms with Gasteiger partial charge in [0.2, 0.25) is 0 Å². The van der Waals surface area contributed by atoms with E-state index >= 15 is 0 Å². The number of ether oxygens (including phenoxy) is 1. The predicted octanol–water partition coefficient (Wildman–Crippen LogP) is 1.02. The summed E-state index contributed by atoms with van der Waals surface area (Å²) in [5.74, 6) is -0.321. The summed E-state index contributed by atoms with van der Waals surface area (Å²) in [6.07, 6.45) is -1.29. The quantitative estimate of drug-likeness (QED) is 0.526. The standard InChI is InChI=1S/C22H23NO6/c24-11-17-18(25)19(26)20(27)21(29-17)14-5-2-6-15(9-14)22(28)23-16-8-7-12-3-1-4-13(12)10-16/h1-2,4-10,17-21,24-27H,3,11H2,(H,23,28)/t17-,18-,19+,20+,21-/m1/s1. The summed E-state index contributed by atoms with van der Waals surface area (Å²) in [7, 11) is 0. The highest BCUT2D eigenvalue weighted by Gasteiger charge is 2.44. The van der Waals surface area contributed by atoms with Gasteiger partial charge in [0.1, 0.15) is 30.5 Å². The molecule has 7 heteroatoms. The fourth-order valence-electron chi connectivity index (χ4n) is 3.76. The number of amides is 1. The van der Waals surface area contributed by atoms with Gasteiger partial charge in [-0.2, -0.15) is 0 Å². The van der Waals surface area contributed by atoms with Crippen LogP contribution in [-0.4, -0.2) is 57.4 Å². The van der Waals surface area contributed by atoms with Crippen molar-refractivity contribution in [3.05, 3.63) is 70.8 Å². The van der Waals surface area contributed by atoms with Crippen LogP contribution in [0.25, 0.3) is 6.08 Å². The van der Waals surface area contributed by atoms with E-state index in [9.17, 15) is 25.2 Å². The zero-order valence-corrected chi connectivity index (χ0v) is 15.6. The molecule has 152 valence electrons. The maximum Gasteiger partial charge on any atom is 0.255 e. The van der Waals surface area contributed by atoms with Crippen molar-refractivity contribution in [2.45, 2.75) is 36.9 Å². The Labute approximate surface area is 167 Å². The van der Waals surface area contributed by atoms with Crippen LogP contribution in [0.4, 0.5) is 5.69 Å². The van der Waals surface area contributed by atoms with Crippen molar-refractivity contribution >= 4 is 17.7 Å². The summed E-state index contributed by atoms with van der Waals surface area (Å²) in [5, 5.41) is 42.5. The molecule has 0 spiro atoms. The molecule has 1 aliphatic carbocycles. The molecule has 0 unspecified atom stereocenters.